The van der Waals surface area contributed by atoms with Crippen molar-refractivity contribution in [2.45, 2.75) is 17.3 Å². The van der Waals surface area contributed by atoms with Gasteiger partial charge in [-0.3, -0.25) is 9.89 Å². The summed E-state index contributed by atoms with van der Waals surface area (Å²) in [5.41, 5.74) is 0.811. The van der Waals surface area contributed by atoms with Crippen LogP contribution in [0.3, 0.4) is 0 Å². The summed E-state index contributed by atoms with van der Waals surface area (Å²) in [5, 5.41) is 9.16. The van der Waals surface area contributed by atoms with Gasteiger partial charge in [-0.2, -0.15) is 0 Å². The number of aromatic nitrogens is 3. The smallest absolute Gasteiger partial charge is 0.237 e. The number of amides is 1. The van der Waals surface area contributed by atoms with Gasteiger partial charge in [-0.15, -0.1) is 5.10 Å². The molecule has 0 spiro atoms. The van der Waals surface area contributed by atoms with E-state index in [0.29, 0.717) is 11.0 Å². The van der Waals surface area contributed by atoms with E-state index >= 15 is 0 Å². The number of halogens is 2. The number of carbonyl (C=O) groups excluding carboxylic acids is 1. The number of rotatable bonds is 5. The molecule has 0 radical (unpaired) electrons. The van der Waals surface area contributed by atoms with Gasteiger partial charge < -0.3 is 5.32 Å². The molecule has 0 aliphatic carbocycles. The predicted octanol–water partition coefficient (Wildman–Crippen LogP) is 3.87. The second-order valence-corrected chi connectivity index (χ2v) is 6.51. The highest BCUT2D eigenvalue weighted by atomic mass is 32.2. The number of nitrogens with zero attached hydrogens (tertiary/aromatic N) is 2. The second kappa shape index (κ2) is 7.43. The van der Waals surface area contributed by atoms with E-state index in [2.05, 4.69) is 20.5 Å². The Kier molecular flexibility index (Phi) is 5.08. The van der Waals surface area contributed by atoms with Gasteiger partial charge in [0.25, 0.3) is 0 Å². The number of carbonyl (C=O) groups is 1. The molecule has 2 aromatic carbocycles. The van der Waals surface area contributed by atoms with Crippen molar-refractivity contribution in [2.24, 2.45) is 0 Å². The van der Waals surface area contributed by atoms with Gasteiger partial charge in [0.05, 0.1) is 10.9 Å². The number of thioether (sulfide) groups is 1. The minimum absolute atomic E-state index is 0.0705. The van der Waals surface area contributed by atoms with E-state index < -0.39 is 22.8 Å². The van der Waals surface area contributed by atoms with Gasteiger partial charge in [0.2, 0.25) is 11.1 Å². The van der Waals surface area contributed by atoms with Gasteiger partial charge in [0, 0.05) is 11.6 Å². The van der Waals surface area contributed by atoms with Crippen molar-refractivity contribution < 1.29 is 13.6 Å². The highest BCUT2D eigenvalue weighted by molar-refractivity contribution is 8.00. The molecule has 1 heterocycles. The van der Waals surface area contributed by atoms with Crippen molar-refractivity contribution in [3.63, 3.8) is 0 Å². The van der Waals surface area contributed by atoms with Crippen LogP contribution in [0.2, 0.25) is 0 Å². The van der Waals surface area contributed by atoms with E-state index in [4.69, 9.17) is 0 Å². The number of anilines is 1. The van der Waals surface area contributed by atoms with Gasteiger partial charge in [-0.05, 0) is 19.1 Å². The van der Waals surface area contributed by atoms with E-state index in [9.17, 15) is 13.6 Å². The zero-order chi connectivity index (χ0) is 17.8. The monoisotopic (exact) mass is 360 g/mol. The fraction of sp³-hybridized carbons (Fsp3) is 0.118. The third-order valence-electron chi connectivity index (χ3n) is 3.35. The highest BCUT2D eigenvalue weighted by Crippen LogP contribution is 2.24. The Morgan fingerprint density at radius 1 is 1.20 bits per heavy atom. The van der Waals surface area contributed by atoms with E-state index in [1.54, 1.807) is 6.92 Å². The molecular formula is C17H14F2N4OS. The fourth-order valence-corrected chi connectivity index (χ4v) is 2.79. The lowest BCUT2D eigenvalue weighted by molar-refractivity contribution is -0.115. The molecule has 0 saturated carbocycles. The zero-order valence-corrected chi connectivity index (χ0v) is 14.0. The molecule has 1 amide bonds. The molecular weight excluding hydrogens is 346 g/mol. The van der Waals surface area contributed by atoms with Crippen molar-refractivity contribution in [3.05, 3.63) is 60.2 Å². The molecule has 0 unspecified atom stereocenters. The van der Waals surface area contributed by atoms with Gasteiger partial charge in [0.15, 0.2) is 5.82 Å². The van der Waals surface area contributed by atoms with E-state index in [0.717, 1.165) is 29.5 Å². The minimum atomic E-state index is -0.824. The number of H-pyrrole nitrogens is 1. The van der Waals surface area contributed by atoms with Crippen LogP contribution in [-0.4, -0.2) is 26.3 Å². The predicted molar refractivity (Wildman–Crippen MR) is 92.1 cm³/mol. The molecule has 3 aromatic rings. The topological polar surface area (TPSA) is 70.7 Å². The summed E-state index contributed by atoms with van der Waals surface area (Å²) in [6, 6.07) is 12.4. The van der Waals surface area contributed by atoms with Gasteiger partial charge in [0.1, 0.15) is 11.6 Å². The van der Waals surface area contributed by atoms with Crippen LogP contribution in [0, 0.1) is 11.6 Å². The first-order chi connectivity index (χ1) is 12.0. The lowest BCUT2D eigenvalue weighted by Gasteiger charge is -2.10. The molecule has 1 atom stereocenters. The Morgan fingerprint density at radius 2 is 1.96 bits per heavy atom. The maximum atomic E-state index is 13.6. The molecule has 0 saturated heterocycles. The Labute approximate surface area is 146 Å². The van der Waals surface area contributed by atoms with Gasteiger partial charge in [-0.1, -0.05) is 42.1 Å². The molecule has 1 aromatic heterocycles. The number of nitrogens with one attached hydrogen (secondary N) is 2. The van der Waals surface area contributed by atoms with Crippen LogP contribution in [0.1, 0.15) is 6.92 Å². The van der Waals surface area contributed by atoms with Crippen molar-refractivity contribution in [2.75, 3.05) is 5.32 Å². The summed E-state index contributed by atoms with van der Waals surface area (Å²) in [5.74, 6) is -1.36. The van der Waals surface area contributed by atoms with Crippen molar-refractivity contribution in [1.29, 1.82) is 0 Å². The molecule has 128 valence electrons. The SMILES string of the molecule is C[C@H](Sc1n[nH]c(-c2ccccc2)n1)C(=O)Nc1ccc(F)cc1F. The Balaban J connectivity index is 1.65. The molecule has 0 bridgehead atoms. The largest absolute Gasteiger partial charge is 0.323 e. The molecule has 25 heavy (non-hydrogen) atoms. The third-order valence-corrected chi connectivity index (χ3v) is 4.31. The molecule has 8 heteroatoms. The minimum Gasteiger partial charge on any atom is -0.323 e. The van der Waals surface area contributed by atoms with Crippen LogP contribution in [-0.2, 0) is 4.79 Å². The van der Waals surface area contributed by atoms with Gasteiger partial charge in [-0.25, -0.2) is 13.8 Å². The Bertz CT molecular complexity index is 885. The third kappa shape index (κ3) is 4.21. The lowest BCUT2D eigenvalue weighted by atomic mass is 10.2. The quantitative estimate of drug-likeness (QED) is 0.678. The van der Waals surface area contributed by atoms with Crippen LogP contribution in [0.15, 0.2) is 53.7 Å². The van der Waals surface area contributed by atoms with Gasteiger partial charge >= 0.3 is 0 Å². The maximum absolute atomic E-state index is 13.6. The Morgan fingerprint density at radius 3 is 2.68 bits per heavy atom. The van der Waals surface area contributed by atoms with Crippen molar-refractivity contribution in [3.8, 4) is 11.4 Å². The first-order valence-corrected chi connectivity index (χ1v) is 8.31. The number of hydrogen-bond acceptors (Lipinski definition) is 4. The molecule has 0 aliphatic heterocycles. The maximum Gasteiger partial charge on any atom is 0.237 e. The summed E-state index contributed by atoms with van der Waals surface area (Å²) in [4.78, 5) is 16.5. The first kappa shape index (κ1) is 17.1. The average molecular weight is 360 g/mol. The second-order valence-electron chi connectivity index (χ2n) is 5.21. The molecule has 0 fully saturated rings. The van der Waals surface area contributed by atoms with E-state index in [1.165, 1.54) is 6.07 Å². The van der Waals surface area contributed by atoms with Crippen molar-refractivity contribution >= 4 is 23.4 Å². The zero-order valence-electron chi connectivity index (χ0n) is 13.2. The first-order valence-electron chi connectivity index (χ1n) is 7.43. The van der Waals surface area contributed by atoms with Crippen LogP contribution in [0.5, 0.6) is 0 Å². The summed E-state index contributed by atoms with van der Waals surface area (Å²) in [6.07, 6.45) is 0. The standard InChI is InChI=1S/C17H14F2N4OS/c1-10(16(24)20-14-8-7-12(18)9-13(14)19)25-17-21-15(22-23-17)11-5-3-2-4-6-11/h2-10H,1H3,(H,20,24)(H,21,22,23)/t10-/m0/s1. The summed E-state index contributed by atoms with van der Waals surface area (Å²) in [7, 11) is 0. The van der Waals surface area contributed by atoms with E-state index in [1.807, 2.05) is 30.3 Å². The van der Waals surface area contributed by atoms with Crippen LogP contribution >= 0.6 is 11.8 Å². The number of benzene rings is 2. The van der Waals surface area contributed by atoms with Crippen LogP contribution in [0.4, 0.5) is 14.5 Å². The molecule has 5 nitrogen and oxygen atoms in total. The summed E-state index contributed by atoms with van der Waals surface area (Å²) < 4.78 is 26.5. The number of aromatic amines is 1. The van der Waals surface area contributed by atoms with Crippen molar-refractivity contribution in [1.82, 2.24) is 15.2 Å². The molecule has 0 aliphatic rings. The lowest BCUT2D eigenvalue weighted by Crippen LogP contribution is -2.23. The Hall–Kier alpha value is -2.74. The van der Waals surface area contributed by atoms with Crippen LogP contribution in [0.25, 0.3) is 11.4 Å². The summed E-state index contributed by atoms with van der Waals surface area (Å²) >= 11 is 1.13. The number of hydrogen-bond donors (Lipinski definition) is 2. The summed E-state index contributed by atoms with van der Waals surface area (Å²) in [6.45, 7) is 1.65. The average Bonchev–Trinajstić information content (AvgIpc) is 3.06. The molecule has 2 N–H and O–H groups in total. The fourth-order valence-electron chi connectivity index (χ4n) is 2.06. The highest BCUT2D eigenvalue weighted by Gasteiger charge is 2.19. The van der Waals surface area contributed by atoms with Crippen LogP contribution < -0.4 is 5.32 Å². The molecule has 3 rings (SSSR count). The normalized spacial score (nSPS) is 12.0. The van der Waals surface area contributed by atoms with E-state index in [-0.39, 0.29) is 5.69 Å².